The van der Waals surface area contributed by atoms with Crippen molar-refractivity contribution < 1.29 is 14.6 Å². The van der Waals surface area contributed by atoms with Gasteiger partial charge in [0.25, 0.3) is 0 Å². The Balaban J connectivity index is 2.08. The van der Waals surface area contributed by atoms with Crippen LogP contribution in [0.2, 0.25) is 0 Å². The average Bonchev–Trinajstić information content (AvgIpc) is 2.69. The van der Waals surface area contributed by atoms with E-state index in [1.807, 2.05) is 0 Å². The molecule has 11 heavy (non-hydrogen) atoms. The molecule has 1 N–H and O–H groups in total. The largest absolute Gasteiger partial charge is 0.469 e. The summed E-state index contributed by atoms with van der Waals surface area (Å²) in [6, 6.07) is 0. The van der Waals surface area contributed by atoms with Crippen molar-refractivity contribution in [1.82, 2.24) is 0 Å². The molecule has 1 saturated carbocycles. The van der Waals surface area contributed by atoms with Crippen LogP contribution in [0, 0.1) is 11.8 Å². The first-order valence-corrected chi connectivity index (χ1v) is 3.95. The molecule has 1 rings (SSSR count). The van der Waals surface area contributed by atoms with E-state index >= 15 is 0 Å². The van der Waals surface area contributed by atoms with Crippen LogP contribution in [0.5, 0.6) is 0 Å². The van der Waals surface area contributed by atoms with Crippen LogP contribution in [-0.4, -0.2) is 24.8 Å². The molecule has 0 aromatic heterocycles. The number of carbonyl (C=O) groups excluding carboxylic acids is 1. The van der Waals surface area contributed by atoms with Crippen molar-refractivity contribution in [3.8, 4) is 0 Å². The van der Waals surface area contributed by atoms with Gasteiger partial charge in [0, 0.05) is 13.0 Å². The third-order valence-corrected chi connectivity index (χ3v) is 2.23. The number of carbonyl (C=O) groups is 1. The summed E-state index contributed by atoms with van der Waals surface area (Å²) in [5.41, 5.74) is 0. The Morgan fingerprint density at radius 3 is 2.91 bits per heavy atom. The third-order valence-electron chi connectivity index (χ3n) is 2.23. The van der Waals surface area contributed by atoms with Crippen LogP contribution in [0.25, 0.3) is 0 Å². The van der Waals surface area contributed by atoms with E-state index in [2.05, 4.69) is 4.74 Å². The van der Waals surface area contributed by atoms with Crippen molar-refractivity contribution in [3.63, 3.8) is 0 Å². The Morgan fingerprint density at radius 1 is 1.64 bits per heavy atom. The van der Waals surface area contributed by atoms with E-state index in [1.165, 1.54) is 7.11 Å². The topological polar surface area (TPSA) is 46.5 Å². The maximum absolute atomic E-state index is 10.7. The molecule has 0 bridgehead atoms. The fourth-order valence-electron chi connectivity index (χ4n) is 1.38. The van der Waals surface area contributed by atoms with E-state index in [-0.39, 0.29) is 12.6 Å². The summed E-state index contributed by atoms with van der Waals surface area (Å²) in [7, 11) is 1.41. The zero-order valence-corrected chi connectivity index (χ0v) is 6.75. The minimum atomic E-state index is -0.129. The van der Waals surface area contributed by atoms with Crippen LogP contribution < -0.4 is 0 Å². The standard InChI is InChI=1S/C8H14O3/c1-11-8(10)5-7-4-6(7)2-3-9/h6-7,9H,2-5H2,1H3. The van der Waals surface area contributed by atoms with Crippen LogP contribution in [-0.2, 0) is 9.53 Å². The lowest BCUT2D eigenvalue weighted by molar-refractivity contribution is -0.141. The van der Waals surface area contributed by atoms with Gasteiger partial charge in [-0.05, 0) is 24.7 Å². The Kier molecular flexibility index (Phi) is 2.88. The lowest BCUT2D eigenvalue weighted by Gasteiger charge is -1.96. The molecule has 1 aliphatic rings. The van der Waals surface area contributed by atoms with E-state index in [4.69, 9.17) is 5.11 Å². The van der Waals surface area contributed by atoms with E-state index in [0.717, 1.165) is 12.8 Å². The zero-order chi connectivity index (χ0) is 8.27. The summed E-state index contributed by atoms with van der Waals surface area (Å²) in [5, 5.41) is 8.57. The normalized spacial score (nSPS) is 28.2. The monoisotopic (exact) mass is 158 g/mol. The molecule has 0 radical (unpaired) electrons. The van der Waals surface area contributed by atoms with E-state index in [0.29, 0.717) is 18.3 Å². The van der Waals surface area contributed by atoms with Gasteiger partial charge >= 0.3 is 5.97 Å². The molecule has 3 nitrogen and oxygen atoms in total. The van der Waals surface area contributed by atoms with Gasteiger partial charge < -0.3 is 9.84 Å². The fourth-order valence-corrected chi connectivity index (χ4v) is 1.38. The highest BCUT2D eigenvalue weighted by atomic mass is 16.5. The van der Waals surface area contributed by atoms with E-state index in [9.17, 15) is 4.79 Å². The molecule has 0 heterocycles. The van der Waals surface area contributed by atoms with Gasteiger partial charge in [0.2, 0.25) is 0 Å². The van der Waals surface area contributed by atoms with Crippen LogP contribution in [0.4, 0.5) is 0 Å². The second-order valence-electron chi connectivity index (χ2n) is 3.05. The molecule has 2 atom stereocenters. The predicted molar refractivity (Wildman–Crippen MR) is 39.9 cm³/mol. The van der Waals surface area contributed by atoms with Crippen molar-refractivity contribution in [2.45, 2.75) is 19.3 Å². The Morgan fingerprint density at radius 2 is 2.36 bits per heavy atom. The highest BCUT2D eigenvalue weighted by Gasteiger charge is 2.37. The first-order valence-electron chi connectivity index (χ1n) is 3.95. The van der Waals surface area contributed by atoms with Gasteiger partial charge in [0.1, 0.15) is 0 Å². The number of hydrogen-bond donors (Lipinski definition) is 1. The fraction of sp³-hybridized carbons (Fsp3) is 0.875. The second kappa shape index (κ2) is 3.72. The summed E-state index contributed by atoms with van der Waals surface area (Å²) < 4.78 is 4.53. The average molecular weight is 158 g/mol. The summed E-state index contributed by atoms with van der Waals surface area (Å²) in [6.45, 7) is 0.238. The van der Waals surface area contributed by atoms with Crippen molar-refractivity contribution in [2.75, 3.05) is 13.7 Å². The molecule has 0 aromatic rings. The number of hydrogen-bond acceptors (Lipinski definition) is 3. The Bertz CT molecular complexity index is 144. The predicted octanol–water partition coefficient (Wildman–Crippen LogP) is 0.568. The molecule has 1 aliphatic carbocycles. The van der Waals surface area contributed by atoms with E-state index < -0.39 is 0 Å². The van der Waals surface area contributed by atoms with Crippen LogP contribution >= 0.6 is 0 Å². The first kappa shape index (κ1) is 8.53. The van der Waals surface area contributed by atoms with Crippen LogP contribution in [0.15, 0.2) is 0 Å². The maximum atomic E-state index is 10.7. The summed E-state index contributed by atoms with van der Waals surface area (Å²) >= 11 is 0. The molecule has 64 valence electrons. The van der Waals surface area contributed by atoms with Crippen molar-refractivity contribution >= 4 is 5.97 Å². The van der Waals surface area contributed by atoms with Crippen molar-refractivity contribution in [1.29, 1.82) is 0 Å². The molecule has 0 aliphatic heterocycles. The minimum Gasteiger partial charge on any atom is -0.469 e. The third kappa shape index (κ3) is 2.50. The minimum absolute atomic E-state index is 0.129. The number of aliphatic hydroxyl groups excluding tert-OH is 1. The number of esters is 1. The van der Waals surface area contributed by atoms with Crippen molar-refractivity contribution in [3.05, 3.63) is 0 Å². The SMILES string of the molecule is COC(=O)CC1CC1CCO. The molecular formula is C8H14O3. The van der Waals surface area contributed by atoms with Gasteiger partial charge in [-0.25, -0.2) is 0 Å². The Hall–Kier alpha value is -0.570. The molecule has 0 amide bonds. The zero-order valence-electron chi connectivity index (χ0n) is 6.75. The molecule has 1 fully saturated rings. The van der Waals surface area contributed by atoms with Crippen molar-refractivity contribution in [2.24, 2.45) is 11.8 Å². The quantitative estimate of drug-likeness (QED) is 0.608. The van der Waals surface area contributed by atoms with Crippen LogP contribution in [0.1, 0.15) is 19.3 Å². The lowest BCUT2D eigenvalue weighted by Crippen LogP contribution is -2.02. The second-order valence-corrected chi connectivity index (χ2v) is 3.05. The number of methoxy groups -OCH3 is 1. The molecule has 0 aromatic carbocycles. The summed E-state index contributed by atoms with van der Waals surface area (Å²) in [4.78, 5) is 10.7. The lowest BCUT2D eigenvalue weighted by atomic mass is 10.2. The van der Waals surface area contributed by atoms with Gasteiger partial charge in [-0.15, -0.1) is 0 Å². The van der Waals surface area contributed by atoms with Gasteiger partial charge in [-0.1, -0.05) is 0 Å². The molecule has 3 heteroatoms. The van der Waals surface area contributed by atoms with Gasteiger partial charge in [0.05, 0.1) is 7.11 Å². The van der Waals surface area contributed by atoms with Gasteiger partial charge in [0.15, 0.2) is 0 Å². The molecule has 2 unspecified atom stereocenters. The first-order chi connectivity index (χ1) is 5.27. The smallest absolute Gasteiger partial charge is 0.305 e. The van der Waals surface area contributed by atoms with Crippen LogP contribution in [0.3, 0.4) is 0 Å². The highest BCUT2D eigenvalue weighted by molar-refractivity contribution is 5.69. The van der Waals surface area contributed by atoms with E-state index in [1.54, 1.807) is 0 Å². The molecular weight excluding hydrogens is 144 g/mol. The summed E-state index contributed by atoms with van der Waals surface area (Å²) in [5.74, 6) is 0.920. The highest BCUT2D eigenvalue weighted by Crippen LogP contribution is 2.43. The Labute approximate surface area is 66.4 Å². The number of rotatable bonds is 4. The molecule has 0 spiro atoms. The molecule has 0 saturated heterocycles. The maximum Gasteiger partial charge on any atom is 0.305 e. The van der Waals surface area contributed by atoms with Gasteiger partial charge in [-0.2, -0.15) is 0 Å². The van der Waals surface area contributed by atoms with Gasteiger partial charge in [-0.3, -0.25) is 4.79 Å². The number of aliphatic hydroxyl groups is 1. The number of ether oxygens (including phenoxy) is 1. The summed E-state index contributed by atoms with van der Waals surface area (Å²) in [6.07, 6.45) is 2.44.